The normalized spacial score (nSPS) is 19.4. The molecule has 0 saturated carbocycles. The van der Waals surface area contributed by atoms with Gasteiger partial charge in [-0.2, -0.15) is 0 Å². The molecule has 0 aromatic heterocycles. The second-order valence-electron chi connectivity index (χ2n) is 6.88. The highest BCUT2D eigenvalue weighted by atomic mass is 16.2. The van der Waals surface area contributed by atoms with E-state index in [4.69, 9.17) is 0 Å². The zero-order valence-corrected chi connectivity index (χ0v) is 14.7. The minimum absolute atomic E-state index is 0.0242. The Labute approximate surface area is 153 Å². The molecule has 26 heavy (non-hydrogen) atoms. The first-order valence-electron chi connectivity index (χ1n) is 9.21. The number of anilines is 1. The fourth-order valence-electron chi connectivity index (χ4n) is 3.65. The molecule has 4 rings (SSSR count). The molecule has 134 valence electrons. The number of urea groups is 1. The zero-order chi connectivity index (χ0) is 17.9. The lowest BCUT2D eigenvalue weighted by Crippen LogP contribution is -2.49. The van der Waals surface area contributed by atoms with Crippen molar-refractivity contribution in [2.45, 2.75) is 31.8 Å². The third-order valence-corrected chi connectivity index (χ3v) is 5.23. The number of rotatable bonds is 4. The highest BCUT2D eigenvalue weighted by molar-refractivity contribution is 5.95. The summed E-state index contributed by atoms with van der Waals surface area (Å²) >= 11 is 0. The number of carbonyl (C=O) groups is 2. The summed E-state index contributed by atoms with van der Waals surface area (Å²) in [5, 5.41) is 3.00. The Hall–Kier alpha value is -2.82. The van der Waals surface area contributed by atoms with Gasteiger partial charge in [0, 0.05) is 31.7 Å². The van der Waals surface area contributed by atoms with E-state index in [-0.39, 0.29) is 18.0 Å². The van der Waals surface area contributed by atoms with Crippen LogP contribution in [0, 0.1) is 0 Å². The van der Waals surface area contributed by atoms with Gasteiger partial charge in [0.15, 0.2) is 0 Å². The van der Waals surface area contributed by atoms with Crippen LogP contribution in [0.15, 0.2) is 54.6 Å². The molecule has 1 atom stereocenters. The highest BCUT2D eigenvalue weighted by Crippen LogP contribution is 2.32. The van der Waals surface area contributed by atoms with E-state index in [1.807, 2.05) is 52.3 Å². The Morgan fingerprint density at radius 3 is 2.42 bits per heavy atom. The molecular weight excluding hydrogens is 326 g/mol. The second kappa shape index (κ2) is 7.20. The number of likely N-dealkylation sites (tertiary alicyclic amines) is 1. The van der Waals surface area contributed by atoms with Crippen LogP contribution < -0.4 is 10.2 Å². The lowest BCUT2D eigenvalue weighted by molar-refractivity contribution is -0.117. The summed E-state index contributed by atoms with van der Waals surface area (Å²) in [7, 11) is 0. The molecule has 5 heteroatoms. The molecule has 5 nitrogen and oxygen atoms in total. The Balaban J connectivity index is 1.32. The van der Waals surface area contributed by atoms with E-state index < -0.39 is 0 Å². The zero-order valence-electron chi connectivity index (χ0n) is 14.7. The number of amides is 3. The number of nitrogens with one attached hydrogen (secondary N) is 1. The molecule has 2 aromatic carbocycles. The summed E-state index contributed by atoms with van der Waals surface area (Å²) in [5.41, 5.74) is 3.16. The summed E-state index contributed by atoms with van der Waals surface area (Å²) in [4.78, 5) is 28.0. The first-order chi connectivity index (χ1) is 12.7. The minimum atomic E-state index is -0.0242. The van der Waals surface area contributed by atoms with Crippen molar-refractivity contribution in [1.82, 2.24) is 10.2 Å². The Morgan fingerprint density at radius 2 is 1.81 bits per heavy atom. The molecule has 2 aliphatic heterocycles. The van der Waals surface area contributed by atoms with Gasteiger partial charge in [-0.25, -0.2) is 4.79 Å². The van der Waals surface area contributed by atoms with Crippen LogP contribution in [0.2, 0.25) is 0 Å². The molecule has 0 radical (unpaired) electrons. The monoisotopic (exact) mass is 349 g/mol. The fourth-order valence-corrected chi connectivity index (χ4v) is 3.65. The van der Waals surface area contributed by atoms with Crippen LogP contribution in [0.3, 0.4) is 0 Å². The first-order valence-corrected chi connectivity index (χ1v) is 9.21. The Bertz CT molecular complexity index is 789. The molecule has 2 saturated heterocycles. The standard InChI is InChI=1S/C21H23N3O2/c25-20-7-4-13-23(20)18-10-8-16(9-11-18)15-22-21(26)24-14-12-19(24)17-5-2-1-3-6-17/h1-3,5-6,8-11,19H,4,7,12-15H2,(H,22,26)/t19-/m1/s1. The second-order valence-corrected chi connectivity index (χ2v) is 6.88. The van der Waals surface area contributed by atoms with Crippen LogP contribution in [0.25, 0.3) is 0 Å². The largest absolute Gasteiger partial charge is 0.334 e. The van der Waals surface area contributed by atoms with Crippen molar-refractivity contribution in [2.24, 2.45) is 0 Å². The van der Waals surface area contributed by atoms with Gasteiger partial charge in [0.25, 0.3) is 0 Å². The van der Waals surface area contributed by atoms with Gasteiger partial charge < -0.3 is 15.1 Å². The van der Waals surface area contributed by atoms with Gasteiger partial charge in [-0.15, -0.1) is 0 Å². The number of benzene rings is 2. The molecule has 1 N–H and O–H groups in total. The Morgan fingerprint density at radius 1 is 1.04 bits per heavy atom. The lowest BCUT2D eigenvalue weighted by Gasteiger charge is -2.41. The van der Waals surface area contributed by atoms with Crippen molar-refractivity contribution in [2.75, 3.05) is 18.0 Å². The molecule has 0 aliphatic carbocycles. The number of nitrogens with zero attached hydrogens (tertiary/aromatic N) is 2. The molecule has 2 aliphatic rings. The summed E-state index contributed by atoms with van der Waals surface area (Å²) in [5.74, 6) is 0.191. The van der Waals surface area contributed by atoms with Crippen LogP contribution in [0.1, 0.15) is 36.4 Å². The maximum Gasteiger partial charge on any atom is 0.318 e. The molecule has 2 fully saturated rings. The van der Waals surface area contributed by atoms with Gasteiger partial charge >= 0.3 is 6.03 Å². The van der Waals surface area contributed by atoms with E-state index in [0.29, 0.717) is 13.0 Å². The van der Waals surface area contributed by atoms with Gasteiger partial charge in [0.2, 0.25) is 5.91 Å². The van der Waals surface area contributed by atoms with Gasteiger partial charge in [-0.1, -0.05) is 42.5 Å². The molecular formula is C21H23N3O2. The van der Waals surface area contributed by atoms with Gasteiger partial charge in [0.05, 0.1) is 6.04 Å². The topological polar surface area (TPSA) is 52.7 Å². The Kier molecular flexibility index (Phi) is 4.61. The number of hydrogen-bond donors (Lipinski definition) is 1. The van der Waals surface area contributed by atoms with E-state index in [1.165, 1.54) is 5.56 Å². The van der Waals surface area contributed by atoms with E-state index in [0.717, 1.165) is 37.2 Å². The van der Waals surface area contributed by atoms with E-state index in [2.05, 4.69) is 17.4 Å². The van der Waals surface area contributed by atoms with E-state index in [9.17, 15) is 9.59 Å². The van der Waals surface area contributed by atoms with Crippen molar-refractivity contribution in [3.05, 3.63) is 65.7 Å². The van der Waals surface area contributed by atoms with Gasteiger partial charge in [-0.3, -0.25) is 4.79 Å². The smallest absolute Gasteiger partial charge is 0.318 e. The summed E-state index contributed by atoms with van der Waals surface area (Å²) < 4.78 is 0. The van der Waals surface area contributed by atoms with Crippen LogP contribution in [-0.2, 0) is 11.3 Å². The van der Waals surface area contributed by atoms with Crippen LogP contribution in [-0.4, -0.2) is 29.9 Å². The number of hydrogen-bond acceptors (Lipinski definition) is 2. The first kappa shape index (κ1) is 16.6. The third kappa shape index (κ3) is 3.29. The lowest BCUT2D eigenvalue weighted by atomic mass is 9.95. The average molecular weight is 349 g/mol. The number of carbonyl (C=O) groups excluding carboxylic acids is 2. The van der Waals surface area contributed by atoms with E-state index in [1.54, 1.807) is 0 Å². The predicted octanol–water partition coefficient (Wildman–Crippen LogP) is 3.47. The van der Waals surface area contributed by atoms with Crippen molar-refractivity contribution < 1.29 is 9.59 Å². The van der Waals surface area contributed by atoms with Crippen molar-refractivity contribution >= 4 is 17.6 Å². The van der Waals surface area contributed by atoms with E-state index >= 15 is 0 Å². The third-order valence-electron chi connectivity index (χ3n) is 5.23. The molecule has 0 spiro atoms. The van der Waals surface area contributed by atoms with Crippen LogP contribution in [0.4, 0.5) is 10.5 Å². The summed E-state index contributed by atoms with van der Waals surface area (Å²) in [6, 6.07) is 18.2. The minimum Gasteiger partial charge on any atom is -0.334 e. The van der Waals surface area contributed by atoms with Gasteiger partial charge in [-0.05, 0) is 36.1 Å². The average Bonchev–Trinajstić information content (AvgIpc) is 3.06. The maximum atomic E-state index is 12.5. The van der Waals surface area contributed by atoms with Crippen molar-refractivity contribution in [3.63, 3.8) is 0 Å². The molecule has 3 amide bonds. The van der Waals surface area contributed by atoms with Crippen molar-refractivity contribution in [1.29, 1.82) is 0 Å². The molecule has 2 aromatic rings. The highest BCUT2D eigenvalue weighted by Gasteiger charge is 2.33. The SMILES string of the molecule is O=C1CCCN1c1ccc(CNC(=O)N2CC[C@@H]2c2ccccc2)cc1. The van der Waals surface area contributed by atoms with Gasteiger partial charge in [0.1, 0.15) is 0 Å². The summed E-state index contributed by atoms with van der Waals surface area (Å²) in [6.07, 6.45) is 2.57. The van der Waals surface area contributed by atoms with Crippen molar-refractivity contribution in [3.8, 4) is 0 Å². The summed E-state index contributed by atoms with van der Waals surface area (Å²) in [6.45, 7) is 2.08. The molecule has 0 bridgehead atoms. The maximum absolute atomic E-state index is 12.5. The van der Waals surface area contributed by atoms with Crippen LogP contribution in [0.5, 0.6) is 0 Å². The predicted molar refractivity (Wildman–Crippen MR) is 101 cm³/mol. The molecule has 0 unspecified atom stereocenters. The quantitative estimate of drug-likeness (QED) is 0.919. The van der Waals surface area contributed by atoms with Crippen LogP contribution >= 0.6 is 0 Å². The fraction of sp³-hybridized carbons (Fsp3) is 0.333. The molecule has 2 heterocycles.